The highest BCUT2D eigenvalue weighted by molar-refractivity contribution is 5.79. The van der Waals surface area contributed by atoms with Crippen LogP contribution in [0, 0.1) is 11.3 Å². The molecule has 5 heteroatoms. The summed E-state index contributed by atoms with van der Waals surface area (Å²) in [6, 6.07) is 7.67. The molecular weight excluding hydrogens is 306 g/mol. The zero-order valence-corrected chi connectivity index (χ0v) is 14.3. The van der Waals surface area contributed by atoms with Gasteiger partial charge < -0.3 is 14.7 Å². The third-order valence-corrected chi connectivity index (χ3v) is 5.23. The molecule has 1 spiro atoms. The van der Waals surface area contributed by atoms with Gasteiger partial charge in [-0.1, -0.05) is 12.1 Å². The number of benzene rings is 1. The highest BCUT2D eigenvalue weighted by Crippen LogP contribution is 2.59. The Labute approximate surface area is 142 Å². The Bertz CT molecular complexity index is 632. The van der Waals surface area contributed by atoms with Crippen LogP contribution in [0.1, 0.15) is 38.7 Å². The summed E-state index contributed by atoms with van der Waals surface area (Å²) >= 11 is 0. The van der Waals surface area contributed by atoms with Gasteiger partial charge in [0.15, 0.2) is 0 Å². The van der Waals surface area contributed by atoms with Crippen molar-refractivity contribution in [1.82, 2.24) is 4.90 Å². The highest BCUT2D eigenvalue weighted by Gasteiger charge is 2.59. The Hall–Kier alpha value is -2.04. The normalized spacial score (nSPS) is 21.8. The number of hydrogen-bond donors (Lipinski definition) is 1. The van der Waals surface area contributed by atoms with Gasteiger partial charge in [-0.3, -0.25) is 9.59 Å². The molecule has 1 saturated carbocycles. The van der Waals surface area contributed by atoms with Gasteiger partial charge in [0.25, 0.3) is 0 Å². The summed E-state index contributed by atoms with van der Waals surface area (Å²) in [5.41, 5.74) is 0.918. The molecule has 5 nitrogen and oxygen atoms in total. The quantitative estimate of drug-likeness (QED) is 0.901. The van der Waals surface area contributed by atoms with Gasteiger partial charge >= 0.3 is 5.97 Å². The Morgan fingerprint density at radius 1 is 1.33 bits per heavy atom. The van der Waals surface area contributed by atoms with Crippen molar-refractivity contribution in [3.8, 4) is 5.75 Å². The topological polar surface area (TPSA) is 66.8 Å². The van der Waals surface area contributed by atoms with Crippen LogP contribution in [0.3, 0.4) is 0 Å². The Balaban J connectivity index is 1.54. The molecule has 1 N–H and O–H groups in total. The number of amides is 1. The van der Waals surface area contributed by atoms with Crippen molar-refractivity contribution in [2.45, 2.75) is 45.6 Å². The maximum atomic E-state index is 12.5. The molecule has 0 bridgehead atoms. The molecule has 1 aliphatic heterocycles. The lowest BCUT2D eigenvalue weighted by molar-refractivity contribution is -0.139. The fourth-order valence-electron chi connectivity index (χ4n) is 3.74. The van der Waals surface area contributed by atoms with Gasteiger partial charge in [-0.15, -0.1) is 0 Å². The van der Waals surface area contributed by atoms with Crippen molar-refractivity contribution in [3.63, 3.8) is 0 Å². The number of ether oxygens (including phenoxy) is 1. The zero-order chi connectivity index (χ0) is 17.3. The van der Waals surface area contributed by atoms with Crippen molar-refractivity contribution in [2.24, 2.45) is 11.3 Å². The molecular formula is C19H25NO4. The zero-order valence-electron chi connectivity index (χ0n) is 14.3. The maximum absolute atomic E-state index is 12.5. The van der Waals surface area contributed by atoms with Gasteiger partial charge in [0.05, 0.1) is 18.4 Å². The number of carbonyl (C=O) groups excluding carboxylic acids is 1. The molecule has 2 fully saturated rings. The second-order valence-electron chi connectivity index (χ2n) is 7.33. The van der Waals surface area contributed by atoms with Crippen molar-refractivity contribution in [3.05, 3.63) is 29.8 Å². The van der Waals surface area contributed by atoms with Crippen molar-refractivity contribution >= 4 is 11.9 Å². The van der Waals surface area contributed by atoms with E-state index in [0.29, 0.717) is 19.5 Å². The molecule has 1 unspecified atom stereocenters. The smallest absolute Gasteiger partial charge is 0.307 e. The van der Waals surface area contributed by atoms with E-state index in [0.717, 1.165) is 30.6 Å². The van der Waals surface area contributed by atoms with Crippen LogP contribution in [-0.2, 0) is 16.0 Å². The summed E-state index contributed by atoms with van der Waals surface area (Å²) in [5, 5.41) is 9.14. The predicted molar refractivity (Wildman–Crippen MR) is 89.9 cm³/mol. The highest BCUT2D eigenvalue weighted by atomic mass is 16.5. The van der Waals surface area contributed by atoms with E-state index in [1.54, 1.807) is 0 Å². The first-order valence-electron chi connectivity index (χ1n) is 8.66. The van der Waals surface area contributed by atoms with Crippen LogP contribution in [-0.4, -0.2) is 41.1 Å². The summed E-state index contributed by atoms with van der Waals surface area (Å²) < 4.78 is 5.67. The molecule has 1 aromatic rings. The average Bonchev–Trinajstić information content (AvgIpc) is 3.21. The van der Waals surface area contributed by atoms with Crippen LogP contribution in [0.25, 0.3) is 0 Å². The van der Waals surface area contributed by atoms with Crippen molar-refractivity contribution < 1.29 is 19.4 Å². The Kier molecular flexibility index (Phi) is 4.52. The number of carbonyl (C=O) groups is 2. The lowest BCUT2D eigenvalue weighted by Gasteiger charge is -2.32. The first-order chi connectivity index (χ1) is 11.4. The van der Waals surface area contributed by atoms with E-state index in [2.05, 4.69) is 0 Å². The summed E-state index contributed by atoms with van der Waals surface area (Å²) in [4.78, 5) is 25.5. The first-order valence-corrected chi connectivity index (χ1v) is 8.66. The second-order valence-corrected chi connectivity index (χ2v) is 7.33. The minimum Gasteiger partial charge on any atom is -0.491 e. The molecule has 130 valence electrons. The monoisotopic (exact) mass is 331 g/mol. The third kappa shape index (κ3) is 3.55. The maximum Gasteiger partial charge on any atom is 0.307 e. The molecule has 1 atom stereocenters. The number of nitrogens with zero attached hydrogens (tertiary/aromatic N) is 1. The number of rotatable bonds is 5. The molecule has 1 saturated heterocycles. The lowest BCUT2D eigenvalue weighted by atomic mass is 9.90. The van der Waals surface area contributed by atoms with Crippen LogP contribution in [0.15, 0.2) is 24.3 Å². The molecule has 1 aromatic carbocycles. The van der Waals surface area contributed by atoms with Crippen molar-refractivity contribution in [2.75, 3.05) is 13.1 Å². The minimum atomic E-state index is -0.684. The summed E-state index contributed by atoms with van der Waals surface area (Å²) in [6.07, 6.45) is 2.87. The van der Waals surface area contributed by atoms with E-state index in [9.17, 15) is 9.59 Å². The van der Waals surface area contributed by atoms with Gasteiger partial charge in [-0.05, 0) is 56.2 Å². The molecule has 0 radical (unpaired) electrons. The molecule has 0 aromatic heterocycles. The van der Waals surface area contributed by atoms with E-state index in [4.69, 9.17) is 9.84 Å². The summed E-state index contributed by atoms with van der Waals surface area (Å²) in [6.45, 7) is 5.29. The van der Waals surface area contributed by atoms with E-state index < -0.39 is 5.97 Å². The van der Waals surface area contributed by atoms with Gasteiger partial charge in [-0.25, -0.2) is 0 Å². The van der Waals surface area contributed by atoms with E-state index in [1.165, 1.54) is 0 Å². The lowest BCUT2D eigenvalue weighted by Crippen LogP contribution is -2.40. The largest absolute Gasteiger partial charge is 0.491 e. The number of piperidine rings is 1. The molecule has 1 heterocycles. The number of likely N-dealkylation sites (tertiary alicyclic amines) is 1. The van der Waals surface area contributed by atoms with E-state index in [1.807, 2.05) is 43.0 Å². The fraction of sp³-hybridized carbons (Fsp3) is 0.579. The van der Waals surface area contributed by atoms with Crippen molar-refractivity contribution in [1.29, 1.82) is 0 Å². The first kappa shape index (κ1) is 16.8. The van der Waals surface area contributed by atoms with E-state index >= 15 is 0 Å². The Morgan fingerprint density at radius 3 is 2.62 bits per heavy atom. The Morgan fingerprint density at radius 2 is 2.04 bits per heavy atom. The van der Waals surface area contributed by atoms with Gasteiger partial charge in [0.1, 0.15) is 5.75 Å². The number of carboxylic acid groups (broad SMARTS) is 1. The average molecular weight is 331 g/mol. The second kappa shape index (κ2) is 6.46. The van der Waals surface area contributed by atoms with Gasteiger partial charge in [0.2, 0.25) is 5.91 Å². The fourth-order valence-corrected chi connectivity index (χ4v) is 3.74. The third-order valence-electron chi connectivity index (χ3n) is 5.23. The molecule has 24 heavy (non-hydrogen) atoms. The van der Waals surface area contributed by atoms with Gasteiger partial charge in [0, 0.05) is 13.1 Å². The number of carboxylic acids is 1. The van der Waals surface area contributed by atoms with Crippen LogP contribution in [0.2, 0.25) is 0 Å². The molecule has 1 amide bonds. The number of hydrogen-bond acceptors (Lipinski definition) is 3. The predicted octanol–water partition coefficient (Wildman–Crippen LogP) is 2.73. The van der Waals surface area contributed by atoms with E-state index in [-0.39, 0.29) is 23.3 Å². The SMILES string of the molecule is CC(C)Oc1cccc(CC(=O)N2CCC3(CC2)CC3C(=O)O)c1. The van der Waals surface area contributed by atoms with Crippen LogP contribution in [0.4, 0.5) is 0 Å². The molecule has 2 aliphatic rings. The van der Waals surface area contributed by atoms with Crippen LogP contribution < -0.4 is 4.74 Å². The van der Waals surface area contributed by atoms with Crippen LogP contribution in [0.5, 0.6) is 5.75 Å². The molecule has 3 rings (SSSR count). The standard InChI is InChI=1S/C19H25NO4/c1-13(2)24-15-5-3-4-14(10-15)11-17(21)20-8-6-19(7-9-20)12-16(19)18(22)23/h3-5,10,13,16H,6-9,11-12H2,1-2H3,(H,22,23). The minimum absolute atomic E-state index is 0.0341. The summed E-state index contributed by atoms with van der Waals surface area (Å²) in [5.74, 6) is 0.0191. The molecule has 1 aliphatic carbocycles. The number of aliphatic carboxylic acids is 1. The summed E-state index contributed by atoms with van der Waals surface area (Å²) in [7, 11) is 0. The van der Waals surface area contributed by atoms with Crippen LogP contribution >= 0.6 is 0 Å². The van der Waals surface area contributed by atoms with Gasteiger partial charge in [-0.2, -0.15) is 0 Å².